The topological polar surface area (TPSA) is 163 Å². The van der Waals surface area contributed by atoms with Gasteiger partial charge in [0, 0.05) is 0 Å². The molecule has 3 rings (SSSR count). The van der Waals surface area contributed by atoms with E-state index < -0.39 is 30.0 Å². The highest BCUT2D eigenvalue weighted by atomic mass is 16.6. The monoisotopic (exact) mass is 316 g/mol. The summed E-state index contributed by atoms with van der Waals surface area (Å²) in [4.78, 5) is 7.76. The van der Waals surface area contributed by atoms with Gasteiger partial charge in [0.1, 0.15) is 30.3 Å². The second-order valence-electron chi connectivity index (χ2n) is 5.01. The number of hydrogen-bond acceptors (Lipinski definition) is 9. The minimum Gasteiger partial charge on any atom is -0.394 e. The Bertz CT molecular complexity index is 854. The van der Waals surface area contributed by atoms with Crippen molar-refractivity contribution in [3.05, 3.63) is 18.2 Å². The van der Waals surface area contributed by atoms with E-state index in [1.807, 2.05) is 5.92 Å². The molecule has 2 aromatic heterocycles. The standard InChI is InChI=1S/C13H12N6O4/c1-2-12(22)9(21)7(4-20)23-13(12,5-14)8-3-16-11-10(15)17-6-18-19(8)11/h1,3,6-7,9,20-22H,4H2,(H2,15,17,18)/t7?,9-,12-,13?/m1/s1. The molecule has 0 aliphatic carbocycles. The SMILES string of the molecule is C#C[C@@]1(O)[C@H](O)C(CO)OC1(C#N)c1cnc2c(N)ncnn12. The molecule has 0 spiro atoms. The molecule has 2 aromatic rings. The van der Waals surface area contributed by atoms with Crippen LogP contribution in [0.5, 0.6) is 0 Å². The average molecular weight is 316 g/mol. The van der Waals surface area contributed by atoms with Crippen molar-refractivity contribution in [3.8, 4) is 18.4 Å². The number of terminal acetylenes is 1. The number of nitrogen functional groups attached to an aromatic ring is 1. The number of fused-ring (bicyclic) bond motifs is 1. The molecular weight excluding hydrogens is 304 g/mol. The van der Waals surface area contributed by atoms with Gasteiger partial charge in [-0.3, -0.25) is 0 Å². The zero-order valence-corrected chi connectivity index (χ0v) is 11.7. The third kappa shape index (κ3) is 1.69. The molecule has 0 radical (unpaired) electrons. The Morgan fingerprint density at radius 1 is 1.52 bits per heavy atom. The van der Waals surface area contributed by atoms with Crippen LogP contribution in [0.15, 0.2) is 12.5 Å². The van der Waals surface area contributed by atoms with E-state index in [1.54, 1.807) is 6.07 Å². The molecular formula is C13H12N6O4. The van der Waals surface area contributed by atoms with Gasteiger partial charge in [0.25, 0.3) is 0 Å². The van der Waals surface area contributed by atoms with Crippen molar-refractivity contribution in [2.75, 3.05) is 12.3 Å². The van der Waals surface area contributed by atoms with Crippen LogP contribution in [-0.4, -0.2) is 59.3 Å². The Morgan fingerprint density at radius 3 is 2.87 bits per heavy atom. The van der Waals surface area contributed by atoms with Crippen LogP contribution >= 0.6 is 0 Å². The van der Waals surface area contributed by atoms with Crippen LogP contribution < -0.4 is 5.73 Å². The lowest BCUT2D eigenvalue weighted by Crippen LogP contribution is -2.53. The second-order valence-corrected chi connectivity index (χ2v) is 5.01. The quantitative estimate of drug-likeness (QED) is 0.440. The van der Waals surface area contributed by atoms with Gasteiger partial charge in [0.15, 0.2) is 11.5 Å². The van der Waals surface area contributed by atoms with Crippen LogP contribution in [0.25, 0.3) is 5.65 Å². The number of imidazole rings is 1. The summed E-state index contributed by atoms with van der Waals surface area (Å²) in [6.45, 7) is -0.650. The summed E-state index contributed by atoms with van der Waals surface area (Å²) in [5, 5.41) is 43.8. The lowest BCUT2D eigenvalue weighted by molar-refractivity contribution is -0.0875. The zero-order chi connectivity index (χ0) is 16.8. The van der Waals surface area contributed by atoms with Crippen molar-refractivity contribution in [1.29, 1.82) is 5.26 Å². The number of nitrogens with zero attached hydrogens (tertiary/aromatic N) is 5. The van der Waals surface area contributed by atoms with Crippen LogP contribution in [0.3, 0.4) is 0 Å². The predicted octanol–water partition coefficient (Wildman–Crippen LogP) is -2.46. The molecule has 0 bridgehead atoms. The number of aromatic nitrogens is 4. The molecule has 1 aliphatic rings. The Labute approximate surface area is 129 Å². The van der Waals surface area contributed by atoms with Gasteiger partial charge in [-0.2, -0.15) is 10.4 Å². The van der Waals surface area contributed by atoms with Gasteiger partial charge >= 0.3 is 0 Å². The van der Waals surface area contributed by atoms with Crippen LogP contribution in [-0.2, 0) is 10.3 Å². The van der Waals surface area contributed by atoms with Crippen molar-refractivity contribution in [1.82, 2.24) is 19.6 Å². The fourth-order valence-electron chi connectivity index (χ4n) is 2.68. The summed E-state index contributed by atoms with van der Waals surface area (Å²) >= 11 is 0. The maximum atomic E-state index is 10.7. The Kier molecular flexibility index (Phi) is 3.21. The van der Waals surface area contributed by atoms with Gasteiger partial charge in [-0.1, -0.05) is 5.92 Å². The lowest BCUT2D eigenvalue weighted by atomic mass is 9.79. The molecule has 23 heavy (non-hydrogen) atoms. The van der Waals surface area contributed by atoms with Crippen LogP contribution in [0.1, 0.15) is 5.69 Å². The van der Waals surface area contributed by atoms with E-state index >= 15 is 0 Å². The molecule has 1 saturated heterocycles. The lowest BCUT2D eigenvalue weighted by Gasteiger charge is -2.31. The summed E-state index contributed by atoms with van der Waals surface area (Å²) in [7, 11) is 0. The second kappa shape index (κ2) is 4.87. The smallest absolute Gasteiger partial charge is 0.241 e. The predicted molar refractivity (Wildman–Crippen MR) is 74.2 cm³/mol. The maximum absolute atomic E-state index is 10.7. The van der Waals surface area contributed by atoms with E-state index in [0.717, 1.165) is 10.8 Å². The molecule has 1 aliphatic heterocycles. The Balaban J connectivity index is 2.31. The normalized spacial score (nSPS) is 33.4. The van der Waals surface area contributed by atoms with E-state index in [4.69, 9.17) is 16.9 Å². The van der Waals surface area contributed by atoms with E-state index in [9.17, 15) is 20.6 Å². The number of nitriles is 1. The van der Waals surface area contributed by atoms with Crippen molar-refractivity contribution >= 4 is 11.5 Å². The summed E-state index contributed by atoms with van der Waals surface area (Å²) in [6, 6.07) is 1.78. The zero-order valence-electron chi connectivity index (χ0n) is 11.7. The molecule has 10 heteroatoms. The van der Waals surface area contributed by atoms with E-state index in [1.165, 1.54) is 6.20 Å². The van der Waals surface area contributed by atoms with Crippen molar-refractivity contribution < 1.29 is 20.1 Å². The summed E-state index contributed by atoms with van der Waals surface area (Å²) in [5.74, 6) is 2.04. The van der Waals surface area contributed by atoms with Gasteiger partial charge in [0.05, 0.1) is 12.8 Å². The van der Waals surface area contributed by atoms with Gasteiger partial charge < -0.3 is 25.8 Å². The maximum Gasteiger partial charge on any atom is 0.241 e. The minimum absolute atomic E-state index is 0.0421. The molecule has 3 heterocycles. The highest BCUT2D eigenvalue weighted by molar-refractivity contribution is 5.60. The molecule has 2 unspecified atom stereocenters. The first kappa shape index (κ1) is 15.1. The number of hydrogen-bond donors (Lipinski definition) is 4. The summed E-state index contributed by atoms with van der Waals surface area (Å²) < 4.78 is 6.58. The Morgan fingerprint density at radius 2 is 2.26 bits per heavy atom. The third-order valence-electron chi connectivity index (χ3n) is 3.89. The largest absolute Gasteiger partial charge is 0.394 e. The fraction of sp³-hybridized carbons (Fsp3) is 0.385. The fourth-order valence-corrected chi connectivity index (χ4v) is 2.68. The molecule has 10 nitrogen and oxygen atoms in total. The van der Waals surface area contributed by atoms with Gasteiger partial charge in [-0.05, 0) is 0 Å². The third-order valence-corrected chi connectivity index (χ3v) is 3.89. The highest BCUT2D eigenvalue weighted by Gasteiger charge is 2.67. The first-order chi connectivity index (χ1) is 10.9. The van der Waals surface area contributed by atoms with Gasteiger partial charge in [-0.25, -0.2) is 14.5 Å². The number of ether oxygens (including phenoxy) is 1. The van der Waals surface area contributed by atoms with Crippen LogP contribution in [0, 0.1) is 23.7 Å². The molecule has 0 aromatic carbocycles. The molecule has 0 saturated carbocycles. The summed E-state index contributed by atoms with van der Waals surface area (Å²) in [6.07, 6.45) is 4.71. The number of nitrogens with two attached hydrogens (primary N) is 1. The van der Waals surface area contributed by atoms with E-state index in [-0.39, 0.29) is 17.2 Å². The average Bonchev–Trinajstić information content (AvgIpc) is 3.09. The summed E-state index contributed by atoms with van der Waals surface area (Å²) in [5.41, 5.74) is 1.14. The first-order valence-corrected chi connectivity index (χ1v) is 6.48. The number of rotatable bonds is 2. The molecule has 5 N–H and O–H groups in total. The van der Waals surface area contributed by atoms with Crippen LogP contribution in [0.2, 0.25) is 0 Å². The van der Waals surface area contributed by atoms with Crippen LogP contribution in [0.4, 0.5) is 5.82 Å². The molecule has 1 fully saturated rings. The molecule has 4 atom stereocenters. The van der Waals surface area contributed by atoms with E-state index in [2.05, 4.69) is 15.1 Å². The van der Waals surface area contributed by atoms with Gasteiger partial charge in [0.2, 0.25) is 11.2 Å². The minimum atomic E-state index is -2.43. The van der Waals surface area contributed by atoms with Crippen molar-refractivity contribution in [2.45, 2.75) is 23.4 Å². The highest BCUT2D eigenvalue weighted by Crippen LogP contribution is 2.46. The molecule has 0 amide bonds. The Hall–Kier alpha value is -2.76. The van der Waals surface area contributed by atoms with Gasteiger partial charge in [-0.15, -0.1) is 6.42 Å². The number of anilines is 1. The number of aliphatic hydroxyl groups excluding tert-OH is 2. The molecule has 118 valence electrons. The first-order valence-electron chi connectivity index (χ1n) is 6.48. The van der Waals surface area contributed by atoms with E-state index in [0.29, 0.717) is 0 Å². The van der Waals surface area contributed by atoms with Crippen molar-refractivity contribution in [2.24, 2.45) is 0 Å². The van der Waals surface area contributed by atoms with Crippen molar-refractivity contribution in [3.63, 3.8) is 0 Å². The number of aliphatic hydroxyl groups is 3.